The molecule has 0 bridgehead atoms. The Hall–Kier alpha value is -1.43. The summed E-state index contributed by atoms with van der Waals surface area (Å²) in [6.07, 6.45) is 5.47. The second-order valence-corrected chi connectivity index (χ2v) is 4.66. The van der Waals surface area contributed by atoms with Gasteiger partial charge >= 0.3 is 0 Å². The van der Waals surface area contributed by atoms with Gasteiger partial charge in [-0.1, -0.05) is 12.8 Å². The van der Waals surface area contributed by atoms with Crippen LogP contribution in [0.5, 0.6) is 0 Å². The molecular weight excluding hydrogens is 218 g/mol. The van der Waals surface area contributed by atoms with Crippen LogP contribution in [0.3, 0.4) is 0 Å². The van der Waals surface area contributed by atoms with Crippen molar-refractivity contribution in [2.75, 3.05) is 0 Å². The summed E-state index contributed by atoms with van der Waals surface area (Å²) in [5, 5.41) is 9.44. The Morgan fingerprint density at radius 1 is 1.59 bits per heavy atom. The lowest BCUT2D eigenvalue weighted by Gasteiger charge is -2.28. The van der Waals surface area contributed by atoms with E-state index in [0.717, 1.165) is 25.7 Å². The number of carbonyl (C=O) groups is 1. The minimum Gasteiger partial charge on any atom is -0.346 e. The molecular formula is C11H19N5O. The normalized spacial score (nSPS) is 26.5. The lowest BCUT2D eigenvalue weighted by Crippen LogP contribution is -2.44. The molecule has 3 unspecified atom stereocenters. The van der Waals surface area contributed by atoms with Crippen LogP contribution < -0.4 is 11.1 Å². The van der Waals surface area contributed by atoms with Crippen LogP contribution in [0, 0.1) is 5.92 Å². The third-order valence-corrected chi connectivity index (χ3v) is 3.36. The van der Waals surface area contributed by atoms with Gasteiger partial charge in [0.15, 0.2) is 0 Å². The number of nitrogens with one attached hydrogen (secondary N) is 2. The first-order chi connectivity index (χ1) is 8.18. The molecule has 1 aromatic rings. The number of rotatable bonds is 3. The van der Waals surface area contributed by atoms with Crippen LogP contribution in [-0.4, -0.2) is 27.1 Å². The summed E-state index contributed by atoms with van der Waals surface area (Å²) in [4.78, 5) is 16.1. The van der Waals surface area contributed by atoms with Crippen molar-refractivity contribution in [3.63, 3.8) is 0 Å². The number of aromatic nitrogens is 3. The number of H-pyrrole nitrogens is 1. The van der Waals surface area contributed by atoms with E-state index >= 15 is 0 Å². The molecule has 1 amide bonds. The molecule has 0 aliphatic heterocycles. The fraction of sp³-hybridized carbons (Fsp3) is 0.727. The third kappa shape index (κ3) is 2.82. The van der Waals surface area contributed by atoms with E-state index in [0.29, 0.717) is 5.82 Å². The molecule has 6 nitrogen and oxygen atoms in total. The average molecular weight is 237 g/mol. The molecule has 17 heavy (non-hydrogen) atoms. The molecule has 0 aromatic carbocycles. The highest BCUT2D eigenvalue weighted by Crippen LogP contribution is 2.23. The van der Waals surface area contributed by atoms with Crippen molar-refractivity contribution in [1.82, 2.24) is 20.5 Å². The smallest absolute Gasteiger partial charge is 0.225 e. The van der Waals surface area contributed by atoms with E-state index in [2.05, 4.69) is 20.5 Å². The van der Waals surface area contributed by atoms with Gasteiger partial charge in [0.05, 0.1) is 12.0 Å². The Kier molecular flexibility index (Phi) is 3.73. The predicted molar refractivity (Wildman–Crippen MR) is 62.9 cm³/mol. The molecule has 0 radical (unpaired) electrons. The number of aromatic amines is 1. The Morgan fingerprint density at radius 2 is 2.35 bits per heavy atom. The summed E-state index contributed by atoms with van der Waals surface area (Å²) in [7, 11) is 0. The fourth-order valence-electron chi connectivity index (χ4n) is 2.30. The van der Waals surface area contributed by atoms with E-state index in [9.17, 15) is 4.79 Å². The lowest BCUT2D eigenvalue weighted by atomic mass is 9.84. The van der Waals surface area contributed by atoms with Crippen LogP contribution >= 0.6 is 0 Å². The summed E-state index contributed by atoms with van der Waals surface area (Å²) in [5.41, 5.74) is 5.98. The number of hydrogen-bond acceptors (Lipinski definition) is 4. The van der Waals surface area contributed by atoms with E-state index in [1.54, 1.807) is 0 Å². The van der Waals surface area contributed by atoms with Crippen molar-refractivity contribution in [3.8, 4) is 0 Å². The molecule has 1 saturated carbocycles. The van der Waals surface area contributed by atoms with Crippen LogP contribution in [0.4, 0.5) is 0 Å². The van der Waals surface area contributed by atoms with Crippen molar-refractivity contribution in [3.05, 3.63) is 12.2 Å². The lowest BCUT2D eigenvalue weighted by molar-refractivity contribution is -0.127. The Labute approximate surface area is 100 Å². The topological polar surface area (TPSA) is 96.7 Å². The van der Waals surface area contributed by atoms with E-state index in [1.165, 1.54) is 6.33 Å². The number of carbonyl (C=O) groups excluding carboxylic acids is 1. The number of nitrogens with two attached hydrogens (primary N) is 1. The molecule has 0 spiro atoms. The summed E-state index contributed by atoms with van der Waals surface area (Å²) >= 11 is 0. The standard InChI is InChI=1S/C11H19N5O/c1-7(10-13-6-14-16-10)15-11(17)8-4-2-3-5-9(8)12/h6-9H,2-5,12H2,1H3,(H,15,17)(H,13,14,16). The van der Waals surface area contributed by atoms with Crippen LogP contribution in [0.25, 0.3) is 0 Å². The average Bonchev–Trinajstić information content (AvgIpc) is 2.82. The van der Waals surface area contributed by atoms with Gasteiger partial charge in [-0.15, -0.1) is 0 Å². The molecule has 1 fully saturated rings. The predicted octanol–water partition coefficient (Wildman–Crippen LogP) is 0.499. The van der Waals surface area contributed by atoms with Gasteiger partial charge in [0, 0.05) is 6.04 Å². The molecule has 1 heterocycles. The molecule has 1 aliphatic carbocycles. The van der Waals surface area contributed by atoms with E-state index in [4.69, 9.17) is 5.73 Å². The van der Waals surface area contributed by atoms with Crippen molar-refractivity contribution in [1.29, 1.82) is 0 Å². The Bertz CT molecular complexity index is 364. The quantitative estimate of drug-likeness (QED) is 0.713. The van der Waals surface area contributed by atoms with Gasteiger partial charge in [-0.2, -0.15) is 5.10 Å². The van der Waals surface area contributed by atoms with Gasteiger partial charge in [-0.05, 0) is 19.8 Å². The zero-order chi connectivity index (χ0) is 12.3. The van der Waals surface area contributed by atoms with Crippen molar-refractivity contribution in [2.24, 2.45) is 11.7 Å². The van der Waals surface area contributed by atoms with Crippen molar-refractivity contribution < 1.29 is 4.79 Å². The maximum Gasteiger partial charge on any atom is 0.225 e. The summed E-state index contributed by atoms with van der Waals surface area (Å²) in [6.45, 7) is 1.88. The Morgan fingerprint density at radius 3 is 3.00 bits per heavy atom. The first-order valence-electron chi connectivity index (χ1n) is 6.09. The van der Waals surface area contributed by atoms with Gasteiger partial charge in [-0.25, -0.2) is 4.98 Å². The minimum absolute atomic E-state index is 0.00863. The number of hydrogen-bond donors (Lipinski definition) is 3. The van der Waals surface area contributed by atoms with Gasteiger partial charge in [0.25, 0.3) is 0 Å². The van der Waals surface area contributed by atoms with Crippen LogP contribution in [0.1, 0.15) is 44.5 Å². The van der Waals surface area contributed by atoms with Gasteiger partial charge in [0.2, 0.25) is 5.91 Å². The highest BCUT2D eigenvalue weighted by molar-refractivity contribution is 5.79. The highest BCUT2D eigenvalue weighted by atomic mass is 16.2. The number of amides is 1. The monoisotopic (exact) mass is 237 g/mol. The molecule has 1 aromatic heterocycles. The van der Waals surface area contributed by atoms with E-state index in [1.807, 2.05) is 6.92 Å². The molecule has 3 atom stereocenters. The SMILES string of the molecule is CC(NC(=O)C1CCCCC1N)c1ncn[nH]1. The third-order valence-electron chi connectivity index (χ3n) is 3.36. The Balaban J connectivity index is 1.92. The molecule has 1 aliphatic rings. The van der Waals surface area contributed by atoms with E-state index < -0.39 is 0 Å². The molecule has 6 heteroatoms. The first kappa shape index (κ1) is 12.0. The van der Waals surface area contributed by atoms with Gasteiger partial charge in [0.1, 0.15) is 12.2 Å². The maximum atomic E-state index is 12.1. The summed E-state index contributed by atoms with van der Waals surface area (Å²) in [6, 6.07) is -0.162. The van der Waals surface area contributed by atoms with E-state index in [-0.39, 0.29) is 23.9 Å². The summed E-state index contributed by atoms with van der Waals surface area (Å²) in [5.74, 6) is 0.637. The van der Waals surface area contributed by atoms with Crippen LogP contribution in [0.15, 0.2) is 6.33 Å². The van der Waals surface area contributed by atoms with Gasteiger partial charge in [-0.3, -0.25) is 9.89 Å². The second kappa shape index (κ2) is 5.27. The summed E-state index contributed by atoms with van der Waals surface area (Å²) < 4.78 is 0. The first-order valence-corrected chi connectivity index (χ1v) is 6.09. The second-order valence-electron chi connectivity index (χ2n) is 4.66. The zero-order valence-electron chi connectivity index (χ0n) is 10.0. The van der Waals surface area contributed by atoms with Crippen LogP contribution in [-0.2, 0) is 4.79 Å². The fourth-order valence-corrected chi connectivity index (χ4v) is 2.30. The molecule has 0 saturated heterocycles. The minimum atomic E-state index is -0.154. The maximum absolute atomic E-state index is 12.1. The largest absolute Gasteiger partial charge is 0.346 e. The molecule has 94 valence electrons. The highest BCUT2D eigenvalue weighted by Gasteiger charge is 2.29. The molecule has 2 rings (SSSR count). The van der Waals surface area contributed by atoms with Gasteiger partial charge < -0.3 is 11.1 Å². The molecule has 4 N–H and O–H groups in total. The number of nitrogens with zero attached hydrogens (tertiary/aromatic N) is 2. The van der Waals surface area contributed by atoms with Crippen molar-refractivity contribution >= 4 is 5.91 Å². The zero-order valence-corrected chi connectivity index (χ0v) is 10.0. The van der Waals surface area contributed by atoms with Crippen molar-refractivity contribution in [2.45, 2.75) is 44.7 Å². The van der Waals surface area contributed by atoms with Crippen LogP contribution in [0.2, 0.25) is 0 Å².